The number of aryl methyl sites for hydroxylation is 1. The number of nitrogens with one attached hydrogen (secondary N) is 3. The summed E-state index contributed by atoms with van der Waals surface area (Å²) in [6, 6.07) is 16.6. The molecule has 1 atom stereocenters. The van der Waals surface area contributed by atoms with Gasteiger partial charge in [-0.2, -0.15) is 0 Å². The van der Waals surface area contributed by atoms with Crippen LogP contribution < -0.4 is 20.3 Å². The standard InChI is InChI=1S/C19H25N3OS/c1-14-7-5-9-16(11-14)21-19(24)20-13-18(22(2)3)15-8-6-10-17(12-15)23-4/h5-12,18H,13H2,1-4H3,(H2,20,21,24)/p+1/t18-/m1/s1. The molecule has 5 heteroatoms. The second-order valence-corrected chi connectivity index (χ2v) is 6.52. The molecule has 0 radical (unpaired) electrons. The van der Waals surface area contributed by atoms with Gasteiger partial charge in [-0.3, -0.25) is 0 Å². The van der Waals surface area contributed by atoms with Crippen molar-refractivity contribution in [1.29, 1.82) is 0 Å². The van der Waals surface area contributed by atoms with E-state index in [1.54, 1.807) is 7.11 Å². The summed E-state index contributed by atoms with van der Waals surface area (Å²) >= 11 is 5.43. The van der Waals surface area contributed by atoms with E-state index in [0.29, 0.717) is 5.11 Å². The van der Waals surface area contributed by atoms with E-state index in [2.05, 4.69) is 55.9 Å². The molecule has 0 aromatic heterocycles. The van der Waals surface area contributed by atoms with Gasteiger partial charge in [0, 0.05) is 11.3 Å². The summed E-state index contributed by atoms with van der Waals surface area (Å²) in [6.07, 6.45) is 0. The second kappa shape index (κ2) is 8.66. The Morgan fingerprint density at radius 3 is 2.58 bits per heavy atom. The molecule has 4 nitrogen and oxygen atoms in total. The Kier molecular flexibility index (Phi) is 6.58. The van der Waals surface area contributed by atoms with Crippen molar-refractivity contribution >= 4 is 23.0 Å². The number of thiocarbonyl (C=S) groups is 1. The molecule has 0 bridgehead atoms. The number of anilines is 1. The van der Waals surface area contributed by atoms with E-state index in [1.165, 1.54) is 16.0 Å². The van der Waals surface area contributed by atoms with Gasteiger partial charge in [-0.15, -0.1) is 0 Å². The number of benzene rings is 2. The zero-order chi connectivity index (χ0) is 17.5. The zero-order valence-corrected chi connectivity index (χ0v) is 15.5. The molecular weight excluding hydrogens is 318 g/mol. The monoisotopic (exact) mass is 344 g/mol. The summed E-state index contributed by atoms with van der Waals surface area (Å²) in [4.78, 5) is 1.33. The van der Waals surface area contributed by atoms with Crippen LogP contribution in [0.25, 0.3) is 0 Å². The van der Waals surface area contributed by atoms with Gasteiger partial charge in [-0.25, -0.2) is 0 Å². The fourth-order valence-corrected chi connectivity index (χ4v) is 2.81. The molecule has 128 valence electrons. The average molecular weight is 345 g/mol. The van der Waals surface area contributed by atoms with Crippen molar-refractivity contribution < 1.29 is 9.64 Å². The van der Waals surface area contributed by atoms with Crippen LogP contribution in [-0.4, -0.2) is 32.9 Å². The summed E-state index contributed by atoms with van der Waals surface area (Å²) in [5.74, 6) is 0.874. The molecule has 0 saturated carbocycles. The van der Waals surface area contributed by atoms with Crippen LogP contribution in [0.3, 0.4) is 0 Å². The molecular formula is C19H26N3OS+. The van der Waals surface area contributed by atoms with Gasteiger partial charge in [-0.05, 0) is 49.0 Å². The number of ether oxygens (including phenoxy) is 1. The maximum atomic E-state index is 5.43. The molecule has 24 heavy (non-hydrogen) atoms. The third-order valence-electron chi connectivity index (χ3n) is 3.94. The van der Waals surface area contributed by atoms with Gasteiger partial charge < -0.3 is 20.3 Å². The number of quaternary nitrogens is 1. The van der Waals surface area contributed by atoms with E-state index in [0.717, 1.165) is 18.0 Å². The Hall–Kier alpha value is -2.11. The van der Waals surface area contributed by atoms with Crippen LogP contribution in [0.5, 0.6) is 5.75 Å². The highest BCUT2D eigenvalue weighted by Gasteiger charge is 2.18. The van der Waals surface area contributed by atoms with Gasteiger partial charge in [0.05, 0.1) is 27.7 Å². The highest BCUT2D eigenvalue weighted by Crippen LogP contribution is 2.17. The minimum Gasteiger partial charge on any atom is -0.497 e. The fraction of sp³-hybridized carbons (Fsp3) is 0.316. The van der Waals surface area contributed by atoms with E-state index in [1.807, 2.05) is 24.3 Å². The molecule has 3 N–H and O–H groups in total. The van der Waals surface area contributed by atoms with Crippen molar-refractivity contribution in [3.8, 4) is 5.75 Å². The van der Waals surface area contributed by atoms with E-state index in [4.69, 9.17) is 17.0 Å². The second-order valence-electron chi connectivity index (χ2n) is 6.11. The van der Waals surface area contributed by atoms with Crippen LogP contribution in [0.15, 0.2) is 48.5 Å². The molecule has 0 aliphatic carbocycles. The first kappa shape index (κ1) is 18.2. The Bertz CT molecular complexity index is 688. The molecule has 0 heterocycles. The summed E-state index contributed by atoms with van der Waals surface area (Å²) < 4.78 is 5.33. The summed E-state index contributed by atoms with van der Waals surface area (Å²) in [5.41, 5.74) is 3.43. The highest BCUT2D eigenvalue weighted by molar-refractivity contribution is 7.80. The lowest BCUT2D eigenvalue weighted by Gasteiger charge is -2.23. The maximum Gasteiger partial charge on any atom is 0.171 e. The Labute approximate surface area is 149 Å². The van der Waals surface area contributed by atoms with Crippen molar-refractivity contribution in [2.45, 2.75) is 13.0 Å². The lowest BCUT2D eigenvalue weighted by molar-refractivity contribution is -0.890. The molecule has 2 aromatic carbocycles. The van der Waals surface area contributed by atoms with Crippen molar-refractivity contribution in [2.75, 3.05) is 33.1 Å². The third-order valence-corrected chi connectivity index (χ3v) is 4.18. The van der Waals surface area contributed by atoms with Gasteiger partial charge in [-0.1, -0.05) is 24.3 Å². The van der Waals surface area contributed by atoms with Gasteiger partial charge in [0.25, 0.3) is 0 Å². The van der Waals surface area contributed by atoms with Crippen molar-refractivity contribution in [2.24, 2.45) is 0 Å². The van der Waals surface area contributed by atoms with Crippen LogP contribution in [0.2, 0.25) is 0 Å². The van der Waals surface area contributed by atoms with Gasteiger partial charge in [0.2, 0.25) is 0 Å². The van der Waals surface area contributed by atoms with Crippen molar-refractivity contribution in [1.82, 2.24) is 5.32 Å². The SMILES string of the molecule is COc1cccc([C@@H](CNC(=S)Nc2cccc(C)c2)[NH+](C)C)c1. The highest BCUT2D eigenvalue weighted by atomic mass is 32.1. The van der Waals surface area contributed by atoms with Crippen LogP contribution in [-0.2, 0) is 0 Å². The smallest absolute Gasteiger partial charge is 0.171 e. The van der Waals surface area contributed by atoms with Gasteiger partial charge >= 0.3 is 0 Å². The van der Waals surface area contributed by atoms with Crippen LogP contribution in [0.1, 0.15) is 17.2 Å². The minimum absolute atomic E-state index is 0.275. The first-order valence-corrected chi connectivity index (χ1v) is 8.46. The Balaban J connectivity index is 1.99. The van der Waals surface area contributed by atoms with Crippen LogP contribution in [0.4, 0.5) is 5.69 Å². The normalized spacial score (nSPS) is 11.9. The molecule has 0 saturated heterocycles. The first-order chi connectivity index (χ1) is 11.5. The maximum absolute atomic E-state index is 5.43. The minimum atomic E-state index is 0.275. The molecule has 0 aliphatic rings. The quantitative estimate of drug-likeness (QED) is 0.702. The van der Waals surface area contributed by atoms with Gasteiger partial charge in [0.15, 0.2) is 5.11 Å². The van der Waals surface area contributed by atoms with Crippen molar-refractivity contribution in [3.05, 3.63) is 59.7 Å². The lowest BCUT2D eigenvalue weighted by atomic mass is 10.1. The summed E-state index contributed by atoms with van der Waals surface area (Å²) in [7, 11) is 5.97. The molecule has 0 unspecified atom stereocenters. The van der Waals surface area contributed by atoms with E-state index >= 15 is 0 Å². The molecule has 0 aliphatic heterocycles. The zero-order valence-electron chi connectivity index (χ0n) is 14.7. The number of methoxy groups -OCH3 is 1. The first-order valence-electron chi connectivity index (χ1n) is 8.05. The Morgan fingerprint density at radius 1 is 1.17 bits per heavy atom. The number of rotatable bonds is 6. The van der Waals surface area contributed by atoms with E-state index in [-0.39, 0.29) is 6.04 Å². The summed E-state index contributed by atoms with van der Waals surface area (Å²) in [5, 5.41) is 7.20. The molecule has 0 fully saturated rings. The molecule has 2 aromatic rings. The van der Waals surface area contributed by atoms with Crippen LogP contribution in [0, 0.1) is 6.92 Å². The van der Waals surface area contributed by atoms with E-state index in [9.17, 15) is 0 Å². The molecule has 2 rings (SSSR count). The van der Waals surface area contributed by atoms with E-state index < -0.39 is 0 Å². The predicted octanol–water partition coefficient (Wildman–Crippen LogP) is 2.18. The summed E-state index contributed by atoms with van der Waals surface area (Å²) in [6.45, 7) is 2.81. The number of likely N-dealkylation sites (N-methyl/N-ethyl adjacent to an activating group) is 1. The Morgan fingerprint density at radius 2 is 1.92 bits per heavy atom. The van der Waals surface area contributed by atoms with Crippen LogP contribution >= 0.6 is 12.2 Å². The number of hydrogen-bond acceptors (Lipinski definition) is 2. The topological polar surface area (TPSA) is 37.7 Å². The fourth-order valence-electron chi connectivity index (χ4n) is 2.61. The average Bonchev–Trinajstić information content (AvgIpc) is 2.55. The van der Waals surface area contributed by atoms with Gasteiger partial charge in [0.1, 0.15) is 11.8 Å². The molecule has 0 amide bonds. The lowest BCUT2D eigenvalue weighted by Crippen LogP contribution is -3.07. The largest absolute Gasteiger partial charge is 0.497 e. The molecule has 0 spiro atoms. The number of hydrogen-bond donors (Lipinski definition) is 3. The third kappa shape index (κ3) is 5.22. The van der Waals surface area contributed by atoms with Crippen molar-refractivity contribution in [3.63, 3.8) is 0 Å². The predicted molar refractivity (Wildman–Crippen MR) is 104 cm³/mol.